The third-order valence-electron chi connectivity index (χ3n) is 2.77. The molecule has 1 aromatic rings. The van der Waals surface area contributed by atoms with Crippen LogP contribution in [-0.2, 0) is 9.53 Å². The summed E-state index contributed by atoms with van der Waals surface area (Å²) in [4.78, 5) is 12.9. The van der Waals surface area contributed by atoms with Crippen LogP contribution >= 0.6 is 11.8 Å². The van der Waals surface area contributed by atoms with Gasteiger partial charge in [-0.2, -0.15) is 0 Å². The molecular weight excluding hydrogens is 296 g/mol. The second-order valence-electron chi connectivity index (χ2n) is 6.01. The first kappa shape index (κ1) is 18.6. The minimum absolute atomic E-state index is 0.255. The zero-order valence-electron chi connectivity index (χ0n) is 14.1. The molecular formula is C18H26O3S. The van der Waals surface area contributed by atoms with Crippen molar-refractivity contribution in [1.29, 1.82) is 0 Å². The standard InChI is InChI=1S/C18H26O3S/c1-6-7-15(12-13-17(19)21-18(2,3)4)22-16-10-8-14(20-5)9-11-16/h8-13,15H,6-7H2,1-5H3/b13-12+/t15-/m0/s1. The van der Waals surface area contributed by atoms with Crippen LogP contribution < -0.4 is 4.74 Å². The molecule has 0 aliphatic heterocycles. The third-order valence-corrected chi connectivity index (χ3v) is 4.01. The molecule has 1 aromatic carbocycles. The van der Waals surface area contributed by atoms with Gasteiger partial charge in [-0.15, -0.1) is 11.8 Å². The maximum absolute atomic E-state index is 11.8. The number of carbonyl (C=O) groups is 1. The van der Waals surface area contributed by atoms with E-state index >= 15 is 0 Å². The van der Waals surface area contributed by atoms with E-state index in [0.717, 1.165) is 23.5 Å². The Balaban J connectivity index is 2.66. The lowest BCUT2D eigenvalue weighted by Crippen LogP contribution is -2.22. The van der Waals surface area contributed by atoms with Gasteiger partial charge in [0.05, 0.1) is 7.11 Å². The molecule has 0 spiro atoms. The number of rotatable bonds is 7. The topological polar surface area (TPSA) is 35.5 Å². The van der Waals surface area contributed by atoms with Crippen molar-refractivity contribution < 1.29 is 14.3 Å². The van der Waals surface area contributed by atoms with Crippen molar-refractivity contribution >= 4 is 17.7 Å². The number of methoxy groups -OCH3 is 1. The highest BCUT2D eigenvalue weighted by atomic mass is 32.2. The summed E-state index contributed by atoms with van der Waals surface area (Å²) in [5.41, 5.74) is -0.454. The first-order valence-corrected chi connectivity index (χ1v) is 8.44. The molecule has 0 aliphatic rings. The average molecular weight is 322 g/mol. The van der Waals surface area contributed by atoms with Gasteiger partial charge in [-0.3, -0.25) is 0 Å². The molecule has 0 aromatic heterocycles. The van der Waals surface area contributed by atoms with Crippen LogP contribution in [0, 0.1) is 0 Å². The molecule has 0 aliphatic carbocycles. The highest BCUT2D eigenvalue weighted by Gasteiger charge is 2.14. The lowest BCUT2D eigenvalue weighted by Gasteiger charge is -2.18. The van der Waals surface area contributed by atoms with Crippen molar-refractivity contribution in [1.82, 2.24) is 0 Å². The van der Waals surface area contributed by atoms with Crippen molar-refractivity contribution in [2.24, 2.45) is 0 Å². The quantitative estimate of drug-likeness (QED) is 0.408. The summed E-state index contributed by atoms with van der Waals surface area (Å²) in [6, 6.07) is 7.97. The first-order chi connectivity index (χ1) is 10.3. The molecule has 0 fully saturated rings. The van der Waals surface area contributed by atoms with E-state index in [9.17, 15) is 4.79 Å². The second-order valence-corrected chi connectivity index (χ2v) is 7.33. The molecule has 0 N–H and O–H groups in total. The molecule has 4 heteroatoms. The normalized spacial score (nSPS) is 13.1. The van der Waals surface area contributed by atoms with Crippen LogP contribution in [0.3, 0.4) is 0 Å². The Morgan fingerprint density at radius 1 is 1.27 bits per heavy atom. The number of benzene rings is 1. The number of hydrogen-bond donors (Lipinski definition) is 0. The lowest BCUT2D eigenvalue weighted by molar-refractivity contribution is -0.148. The van der Waals surface area contributed by atoms with E-state index in [2.05, 4.69) is 6.92 Å². The van der Waals surface area contributed by atoms with E-state index in [4.69, 9.17) is 9.47 Å². The number of ether oxygens (including phenoxy) is 2. The molecule has 1 rings (SSSR count). The van der Waals surface area contributed by atoms with Crippen molar-refractivity contribution in [2.75, 3.05) is 7.11 Å². The fourth-order valence-electron chi connectivity index (χ4n) is 1.83. The number of thioether (sulfide) groups is 1. The van der Waals surface area contributed by atoms with E-state index in [-0.39, 0.29) is 11.2 Å². The van der Waals surface area contributed by atoms with Gasteiger partial charge in [-0.25, -0.2) is 4.79 Å². The number of carbonyl (C=O) groups excluding carboxylic acids is 1. The molecule has 0 saturated carbocycles. The van der Waals surface area contributed by atoms with Gasteiger partial charge in [0, 0.05) is 16.2 Å². The monoisotopic (exact) mass is 322 g/mol. The van der Waals surface area contributed by atoms with Gasteiger partial charge >= 0.3 is 5.97 Å². The maximum Gasteiger partial charge on any atom is 0.330 e. The number of esters is 1. The van der Waals surface area contributed by atoms with Gasteiger partial charge in [0.25, 0.3) is 0 Å². The summed E-state index contributed by atoms with van der Waals surface area (Å²) in [5, 5.41) is 0.255. The molecule has 0 radical (unpaired) electrons. The summed E-state index contributed by atoms with van der Waals surface area (Å²) in [5.74, 6) is 0.560. The first-order valence-electron chi connectivity index (χ1n) is 7.56. The molecule has 22 heavy (non-hydrogen) atoms. The third kappa shape index (κ3) is 7.55. The van der Waals surface area contributed by atoms with E-state index in [1.54, 1.807) is 24.9 Å². The van der Waals surface area contributed by atoms with Gasteiger partial charge < -0.3 is 9.47 Å². The van der Waals surface area contributed by atoms with Crippen LogP contribution in [0.2, 0.25) is 0 Å². The van der Waals surface area contributed by atoms with Crippen molar-refractivity contribution in [3.63, 3.8) is 0 Å². The van der Waals surface area contributed by atoms with Crippen LogP contribution in [-0.4, -0.2) is 23.9 Å². The summed E-state index contributed by atoms with van der Waals surface area (Å²) in [6.45, 7) is 7.75. The molecule has 122 valence electrons. The highest BCUT2D eigenvalue weighted by Crippen LogP contribution is 2.28. The second kappa shape index (κ2) is 8.89. The highest BCUT2D eigenvalue weighted by molar-refractivity contribution is 8.00. The SMILES string of the molecule is CCC[C@@H](/C=C/C(=O)OC(C)(C)C)Sc1ccc(OC)cc1. The van der Waals surface area contributed by atoms with Crippen molar-refractivity contribution in [3.8, 4) is 5.75 Å². The van der Waals surface area contributed by atoms with Crippen molar-refractivity contribution in [3.05, 3.63) is 36.4 Å². The van der Waals surface area contributed by atoms with E-state index in [1.165, 1.54) is 0 Å². The molecule has 0 unspecified atom stereocenters. The summed E-state index contributed by atoms with van der Waals surface area (Å²) < 4.78 is 10.5. The predicted molar refractivity (Wildman–Crippen MR) is 92.5 cm³/mol. The Bertz CT molecular complexity index is 486. The van der Waals surface area contributed by atoms with Crippen LogP contribution in [0.15, 0.2) is 41.3 Å². The molecule has 0 bridgehead atoms. The van der Waals surface area contributed by atoms with Gasteiger partial charge in [-0.05, 0) is 51.5 Å². The van der Waals surface area contributed by atoms with Crippen LogP contribution in [0.4, 0.5) is 0 Å². The van der Waals surface area contributed by atoms with Crippen LogP contribution in [0.5, 0.6) is 5.75 Å². The molecule has 1 atom stereocenters. The lowest BCUT2D eigenvalue weighted by atomic mass is 10.2. The van der Waals surface area contributed by atoms with Gasteiger partial charge in [0.2, 0.25) is 0 Å². The predicted octanol–water partition coefficient (Wildman–Crippen LogP) is 4.85. The van der Waals surface area contributed by atoms with Gasteiger partial charge in [0.15, 0.2) is 0 Å². The molecule has 0 heterocycles. The zero-order chi connectivity index (χ0) is 16.6. The van der Waals surface area contributed by atoms with E-state index in [0.29, 0.717) is 0 Å². The minimum Gasteiger partial charge on any atom is -0.497 e. The summed E-state index contributed by atoms with van der Waals surface area (Å²) >= 11 is 1.74. The number of hydrogen-bond acceptors (Lipinski definition) is 4. The average Bonchev–Trinajstić information content (AvgIpc) is 2.44. The smallest absolute Gasteiger partial charge is 0.330 e. The van der Waals surface area contributed by atoms with Gasteiger partial charge in [-0.1, -0.05) is 19.4 Å². The molecule has 3 nitrogen and oxygen atoms in total. The fourth-order valence-corrected chi connectivity index (χ4v) is 2.98. The Morgan fingerprint density at radius 2 is 1.91 bits per heavy atom. The van der Waals surface area contributed by atoms with Crippen LogP contribution in [0.1, 0.15) is 40.5 Å². The van der Waals surface area contributed by atoms with Crippen molar-refractivity contribution in [2.45, 2.75) is 56.3 Å². The maximum atomic E-state index is 11.8. The Labute approximate surface area is 138 Å². The fraction of sp³-hybridized carbons (Fsp3) is 0.500. The van der Waals surface area contributed by atoms with Crippen LogP contribution in [0.25, 0.3) is 0 Å². The largest absolute Gasteiger partial charge is 0.497 e. The molecule has 0 saturated heterocycles. The Kier molecular flexibility index (Phi) is 7.52. The minimum atomic E-state index is -0.454. The van der Waals surface area contributed by atoms with E-state index in [1.807, 2.05) is 51.1 Å². The summed E-state index contributed by atoms with van der Waals surface area (Å²) in [6.07, 6.45) is 5.55. The molecule has 0 amide bonds. The Hall–Kier alpha value is -1.42. The Morgan fingerprint density at radius 3 is 2.41 bits per heavy atom. The van der Waals surface area contributed by atoms with E-state index < -0.39 is 5.60 Å². The summed E-state index contributed by atoms with van der Waals surface area (Å²) in [7, 11) is 1.66. The van der Waals surface area contributed by atoms with Gasteiger partial charge in [0.1, 0.15) is 11.4 Å². The zero-order valence-corrected chi connectivity index (χ0v) is 14.9.